The van der Waals surface area contributed by atoms with Crippen molar-refractivity contribution in [2.75, 3.05) is 32.2 Å². The Kier molecular flexibility index (Phi) is 6.19. The lowest BCUT2D eigenvalue weighted by Gasteiger charge is -2.53. The normalized spacial score (nSPS) is 20.9. The Morgan fingerprint density at radius 3 is 2.58 bits per heavy atom. The highest BCUT2D eigenvalue weighted by molar-refractivity contribution is 6.20. The fourth-order valence-electron chi connectivity index (χ4n) is 6.79. The lowest BCUT2D eigenvalue weighted by atomic mass is 9.65. The van der Waals surface area contributed by atoms with Crippen molar-refractivity contribution in [1.82, 2.24) is 19.6 Å². The number of benzene rings is 2. The summed E-state index contributed by atoms with van der Waals surface area (Å²) in [6.45, 7) is 0.470. The van der Waals surface area contributed by atoms with Crippen LogP contribution in [0.1, 0.15) is 28.3 Å². The van der Waals surface area contributed by atoms with Gasteiger partial charge in [0.25, 0.3) is 5.56 Å². The third kappa shape index (κ3) is 3.91. The van der Waals surface area contributed by atoms with Gasteiger partial charge >= 0.3 is 6.03 Å². The van der Waals surface area contributed by atoms with Gasteiger partial charge in [0.2, 0.25) is 11.8 Å². The molecule has 5 heterocycles. The summed E-state index contributed by atoms with van der Waals surface area (Å²) in [6, 6.07) is 16.8. The fraction of sp³-hybridized carbons (Fsp3) is 0.281. The molecule has 7 rings (SSSR count). The number of amides is 4. The number of ether oxygens (including phenoxy) is 2. The Labute approximate surface area is 246 Å². The quantitative estimate of drug-likeness (QED) is 0.358. The number of nitrogens with zero attached hydrogens (tertiary/aromatic N) is 4. The third-order valence-corrected chi connectivity index (χ3v) is 8.85. The van der Waals surface area contributed by atoms with Gasteiger partial charge in [-0.05, 0) is 53.8 Å². The Hall–Kier alpha value is -5.19. The summed E-state index contributed by atoms with van der Waals surface area (Å²) >= 11 is 0. The number of hydrogen-bond donors (Lipinski definition) is 1. The van der Waals surface area contributed by atoms with Crippen molar-refractivity contribution in [3.05, 3.63) is 99.5 Å². The van der Waals surface area contributed by atoms with Gasteiger partial charge in [0, 0.05) is 25.7 Å². The van der Waals surface area contributed by atoms with Crippen LogP contribution in [0.5, 0.6) is 11.5 Å². The molecule has 3 aliphatic heterocycles. The van der Waals surface area contributed by atoms with Gasteiger partial charge in [0.15, 0.2) is 16.9 Å². The van der Waals surface area contributed by atoms with E-state index in [1.807, 2.05) is 41.3 Å². The fourth-order valence-corrected chi connectivity index (χ4v) is 6.79. The van der Waals surface area contributed by atoms with Gasteiger partial charge in [0.1, 0.15) is 11.5 Å². The first-order valence-electron chi connectivity index (χ1n) is 14.1. The van der Waals surface area contributed by atoms with E-state index in [9.17, 15) is 19.2 Å². The van der Waals surface area contributed by atoms with E-state index in [-0.39, 0.29) is 24.1 Å². The van der Waals surface area contributed by atoms with Gasteiger partial charge in [-0.3, -0.25) is 29.0 Å². The van der Waals surface area contributed by atoms with E-state index in [2.05, 4.69) is 5.32 Å². The monoisotopic (exact) mass is 579 g/mol. The van der Waals surface area contributed by atoms with Crippen LogP contribution in [0.25, 0.3) is 5.65 Å². The molecular weight excluding hydrogens is 550 g/mol. The second kappa shape index (κ2) is 9.97. The van der Waals surface area contributed by atoms with Crippen molar-refractivity contribution in [3.8, 4) is 11.5 Å². The third-order valence-electron chi connectivity index (χ3n) is 8.85. The van der Waals surface area contributed by atoms with Crippen LogP contribution in [0.2, 0.25) is 0 Å². The highest BCUT2D eigenvalue weighted by Gasteiger charge is 2.64. The largest absolute Gasteiger partial charge is 0.493 e. The molecule has 2 aromatic heterocycles. The zero-order valence-electron chi connectivity index (χ0n) is 23.7. The number of pyridine rings is 1. The molecule has 0 saturated carbocycles. The molecule has 43 heavy (non-hydrogen) atoms. The average Bonchev–Trinajstić information content (AvgIpc) is 3.03. The summed E-state index contributed by atoms with van der Waals surface area (Å²) in [4.78, 5) is 63.6. The summed E-state index contributed by atoms with van der Waals surface area (Å²) in [7, 11) is 3.08. The zero-order chi connectivity index (χ0) is 29.9. The molecule has 218 valence electrons. The second-order valence-corrected chi connectivity index (χ2v) is 11.0. The van der Waals surface area contributed by atoms with Crippen LogP contribution in [0, 0.1) is 5.41 Å². The van der Waals surface area contributed by atoms with Crippen molar-refractivity contribution in [2.45, 2.75) is 25.3 Å². The predicted molar refractivity (Wildman–Crippen MR) is 156 cm³/mol. The highest BCUT2D eigenvalue weighted by atomic mass is 16.5. The molecule has 0 bridgehead atoms. The molecule has 3 aliphatic rings. The summed E-state index contributed by atoms with van der Waals surface area (Å²) < 4.78 is 12.2. The number of nitrogens with one attached hydrogen (secondary N) is 1. The summed E-state index contributed by atoms with van der Waals surface area (Å²) in [5.41, 5.74) is 1.29. The number of imide groups is 2. The lowest BCUT2D eigenvalue weighted by Crippen LogP contribution is -2.70. The SMILES string of the molecule is COc1ccc(CCN2C(=O)NC(=O)[C@@]3(Cc4c(nc5ccccn5c4=O)N4CCc5ccccc5[C@H]43)C2=O)cc1OC. The zero-order valence-corrected chi connectivity index (χ0v) is 23.7. The van der Waals surface area contributed by atoms with E-state index in [1.54, 1.807) is 37.6 Å². The van der Waals surface area contributed by atoms with Crippen LogP contribution in [-0.2, 0) is 28.9 Å². The van der Waals surface area contributed by atoms with Crippen LogP contribution in [0.4, 0.5) is 10.6 Å². The molecule has 0 unspecified atom stereocenters. The summed E-state index contributed by atoms with van der Waals surface area (Å²) in [6.07, 6.45) is 2.40. The molecule has 0 aliphatic carbocycles. The Balaban J connectivity index is 1.35. The van der Waals surface area contributed by atoms with E-state index < -0.39 is 29.3 Å². The van der Waals surface area contributed by atoms with Gasteiger partial charge in [-0.15, -0.1) is 0 Å². The van der Waals surface area contributed by atoms with E-state index in [4.69, 9.17) is 14.5 Å². The molecule has 0 radical (unpaired) electrons. The maximum absolute atomic E-state index is 14.7. The number of aromatic nitrogens is 2. The second-order valence-electron chi connectivity index (χ2n) is 11.0. The number of anilines is 1. The van der Waals surface area contributed by atoms with Gasteiger partial charge in [-0.2, -0.15) is 0 Å². The first-order chi connectivity index (χ1) is 20.9. The average molecular weight is 580 g/mol. The molecular formula is C32H29N5O6. The van der Waals surface area contributed by atoms with Crippen molar-refractivity contribution in [1.29, 1.82) is 0 Å². The van der Waals surface area contributed by atoms with Crippen molar-refractivity contribution < 1.29 is 23.9 Å². The van der Waals surface area contributed by atoms with E-state index in [0.717, 1.165) is 21.6 Å². The number of barbiturate groups is 1. The lowest BCUT2D eigenvalue weighted by molar-refractivity contribution is -0.154. The highest BCUT2D eigenvalue weighted by Crippen LogP contribution is 2.52. The van der Waals surface area contributed by atoms with Crippen LogP contribution in [0.15, 0.2) is 71.7 Å². The first-order valence-corrected chi connectivity index (χ1v) is 14.1. The number of hydrogen-bond acceptors (Lipinski definition) is 8. The van der Waals surface area contributed by atoms with E-state index in [0.29, 0.717) is 42.4 Å². The topological polar surface area (TPSA) is 123 Å². The molecule has 1 N–H and O–H groups in total. The van der Waals surface area contributed by atoms with Gasteiger partial charge < -0.3 is 14.4 Å². The Morgan fingerprint density at radius 2 is 1.77 bits per heavy atom. The van der Waals surface area contributed by atoms with E-state index >= 15 is 0 Å². The van der Waals surface area contributed by atoms with E-state index in [1.165, 1.54) is 11.5 Å². The molecule has 1 saturated heterocycles. The van der Waals surface area contributed by atoms with Crippen molar-refractivity contribution in [3.63, 3.8) is 0 Å². The van der Waals surface area contributed by atoms with Crippen LogP contribution >= 0.6 is 0 Å². The van der Waals surface area contributed by atoms with Gasteiger partial charge in [0.05, 0.1) is 25.8 Å². The molecule has 4 amide bonds. The Bertz CT molecular complexity index is 1890. The molecule has 2 aromatic carbocycles. The number of rotatable bonds is 5. The van der Waals surface area contributed by atoms with Crippen molar-refractivity contribution in [2.24, 2.45) is 5.41 Å². The van der Waals surface area contributed by atoms with Crippen molar-refractivity contribution >= 4 is 29.3 Å². The predicted octanol–water partition coefficient (Wildman–Crippen LogP) is 2.68. The Morgan fingerprint density at radius 1 is 0.977 bits per heavy atom. The maximum Gasteiger partial charge on any atom is 0.330 e. The number of methoxy groups -OCH3 is 2. The number of fused-ring (bicyclic) bond motifs is 7. The number of urea groups is 1. The minimum atomic E-state index is -1.76. The van der Waals surface area contributed by atoms with Gasteiger partial charge in [-0.1, -0.05) is 36.4 Å². The maximum atomic E-state index is 14.7. The standard InChI is InChI=1S/C32H29N5O6/c1-42-23-11-10-19(17-24(23)43-2)12-15-37-30(40)32(29(39)34-31(37)41)18-22-27(33-25-9-5-6-14-35(25)28(22)38)36-16-13-20-7-3-4-8-21(20)26(32)36/h3-11,14,17,26H,12-13,15-16,18H2,1-2H3,(H,34,39,41)/t26-,32-/m0/s1. The molecule has 11 nitrogen and oxygen atoms in total. The minimum absolute atomic E-state index is 0.0192. The summed E-state index contributed by atoms with van der Waals surface area (Å²) in [5, 5.41) is 2.48. The van der Waals surface area contributed by atoms with Crippen LogP contribution < -0.4 is 25.2 Å². The molecule has 1 fully saturated rings. The molecule has 11 heteroatoms. The first kappa shape index (κ1) is 26.7. The number of carbonyl (C=O) groups excluding carboxylic acids is 3. The van der Waals surface area contributed by atoms with Crippen LogP contribution in [0.3, 0.4) is 0 Å². The summed E-state index contributed by atoms with van der Waals surface area (Å²) in [5.74, 6) is 0.221. The van der Waals surface area contributed by atoms with Gasteiger partial charge in [-0.25, -0.2) is 9.78 Å². The molecule has 1 spiro atoms. The minimum Gasteiger partial charge on any atom is -0.493 e. The smallest absolute Gasteiger partial charge is 0.330 e. The molecule has 4 aromatic rings. The molecule has 2 atom stereocenters. The van der Waals surface area contributed by atoms with Crippen LogP contribution in [-0.4, -0.2) is 59.4 Å². The number of carbonyl (C=O) groups is 3.